The van der Waals surface area contributed by atoms with Crippen LogP contribution >= 0.6 is 27.5 Å². The first-order chi connectivity index (χ1) is 7.09. The Kier molecular flexibility index (Phi) is 2.71. The van der Waals surface area contributed by atoms with Crippen LogP contribution < -0.4 is 5.73 Å². The standard InChI is InChI=1S/C10H9BrClN3/c1-15-8(9(12)14-10(15)13)6-2-4-7(11)5-3-6/h2-5H,1H3,(H2,13,14). The number of nitrogen functional groups attached to an aromatic ring is 1. The van der Waals surface area contributed by atoms with Crippen LogP contribution in [-0.2, 0) is 7.05 Å². The van der Waals surface area contributed by atoms with E-state index in [1.807, 2.05) is 31.3 Å². The number of rotatable bonds is 1. The highest BCUT2D eigenvalue weighted by Crippen LogP contribution is 2.29. The Labute approximate surface area is 101 Å². The summed E-state index contributed by atoms with van der Waals surface area (Å²) in [6, 6.07) is 7.84. The van der Waals surface area contributed by atoms with Gasteiger partial charge in [0.1, 0.15) is 0 Å². The molecule has 3 nitrogen and oxygen atoms in total. The van der Waals surface area contributed by atoms with E-state index in [0.29, 0.717) is 11.1 Å². The summed E-state index contributed by atoms with van der Waals surface area (Å²) in [4.78, 5) is 4.00. The number of nitrogens with zero attached hydrogens (tertiary/aromatic N) is 2. The minimum Gasteiger partial charge on any atom is -0.369 e. The zero-order valence-corrected chi connectivity index (χ0v) is 10.4. The largest absolute Gasteiger partial charge is 0.369 e. The zero-order chi connectivity index (χ0) is 11.0. The predicted molar refractivity (Wildman–Crippen MR) is 65.8 cm³/mol. The van der Waals surface area contributed by atoms with Gasteiger partial charge in [0.15, 0.2) is 5.15 Å². The minimum absolute atomic E-state index is 0.415. The highest BCUT2D eigenvalue weighted by molar-refractivity contribution is 9.10. The Balaban J connectivity index is 2.58. The number of benzene rings is 1. The van der Waals surface area contributed by atoms with Crippen molar-refractivity contribution in [1.29, 1.82) is 0 Å². The summed E-state index contributed by atoms with van der Waals surface area (Å²) in [6.45, 7) is 0. The highest BCUT2D eigenvalue weighted by Gasteiger charge is 2.12. The fourth-order valence-electron chi connectivity index (χ4n) is 1.40. The lowest BCUT2D eigenvalue weighted by atomic mass is 10.2. The molecule has 15 heavy (non-hydrogen) atoms. The molecule has 0 bridgehead atoms. The number of hydrogen-bond acceptors (Lipinski definition) is 2. The smallest absolute Gasteiger partial charge is 0.201 e. The van der Waals surface area contributed by atoms with E-state index < -0.39 is 0 Å². The van der Waals surface area contributed by atoms with E-state index in [0.717, 1.165) is 15.7 Å². The second-order valence-corrected chi connectivity index (χ2v) is 4.45. The average Bonchev–Trinajstić information content (AvgIpc) is 2.44. The lowest BCUT2D eigenvalue weighted by Crippen LogP contribution is -1.98. The summed E-state index contributed by atoms with van der Waals surface area (Å²) >= 11 is 9.38. The van der Waals surface area contributed by atoms with Crippen LogP contribution in [0.2, 0.25) is 5.15 Å². The van der Waals surface area contributed by atoms with Crippen LogP contribution in [0.4, 0.5) is 5.95 Å². The number of imidazole rings is 1. The predicted octanol–water partition coefficient (Wildman–Crippen LogP) is 3.09. The molecule has 0 atom stereocenters. The van der Waals surface area contributed by atoms with Crippen LogP contribution in [0.1, 0.15) is 0 Å². The maximum absolute atomic E-state index is 6.00. The molecule has 2 N–H and O–H groups in total. The van der Waals surface area contributed by atoms with Crippen LogP contribution in [0.25, 0.3) is 11.3 Å². The molecule has 0 amide bonds. The molecule has 0 aliphatic heterocycles. The summed E-state index contributed by atoms with van der Waals surface area (Å²) in [5.74, 6) is 0.415. The van der Waals surface area contributed by atoms with Crippen molar-refractivity contribution in [2.45, 2.75) is 0 Å². The summed E-state index contributed by atoms with van der Waals surface area (Å²) in [7, 11) is 1.84. The molecule has 0 aliphatic rings. The van der Waals surface area contributed by atoms with Gasteiger partial charge in [-0.25, -0.2) is 4.98 Å². The minimum atomic E-state index is 0.415. The van der Waals surface area contributed by atoms with Crippen LogP contribution in [0.5, 0.6) is 0 Å². The van der Waals surface area contributed by atoms with Crippen molar-refractivity contribution in [2.24, 2.45) is 7.05 Å². The van der Waals surface area contributed by atoms with Crippen molar-refractivity contribution < 1.29 is 0 Å². The maximum atomic E-state index is 6.00. The Morgan fingerprint density at radius 3 is 2.40 bits per heavy atom. The van der Waals surface area contributed by atoms with Gasteiger partial charge in [0, 0.05) is 17.1 Å². The summed E-state index contributed by atoms with van der Waals surface area (Å²) in [5.41, 5.74) is 7.50. The summed E-state index contributed by atoms with van der Waals surface area (Å²) < 4.78 is 2.79. The van der Waals surface area contributed by atoms with Crippen LogP contribution in [0.15, 0.2) is 28.7 Å². The molecule has 5 heteroatoms. The molecule has 0 spiro atoms. The van der Waals surface area contributed by atoms with Crippen LogP contribution in [0, 0.1) is 0 Å². The fraction of sp³-hybridized carbons (Fsp3) is 0.100. The average molecular weight is 287 g/mol. The van der Waals surface area contributed by atoms with E-state index in [-0.39, 0.29) is 0 Å². The quantitative estimate of drug-likeness (QED) is 0.875. The van der Waals surface area contributed by atoms with Crippen molar-refractivity contribution >= 4 is 33.5 Å². The second kappa shape index (κ2) is 3.87. The number of hydrogen-bond donors (Lipinski definition) is 1. The normalized spacial score (nSPS) is 10.6. The molecule has 1 heterocycles. The van der Waals surface area contributed by atoms with Gasteiger partial charge in [-0.2, -0.15) is 0 Å². The van der Waals surface area contributed by atoms with Crippen molar-refractivity contribution in [3.05, 3.63) is 33.9 Å². The molecule has 1 aromatic carbocycles. The van der Waals surface area contributed by atoms with Gasteiger partial charge in [0.25, 0.3) is 0 Å². The third-order valence-corrected chi connectivity index (χ3v) is 3.00. The lowest BCUT2D eigenvalue weighted by Gasteiger charge is -2.03. The first-order valence-corrected chi connectivity index (χ1v) is 5.50. The van der Waals surface area contributed by atoms with Crippen molar-refractivity contribution in [3.8, 4) is 11.3 Å². The Hall–Kier alpha value is -1.00. The molecule has 0 fully saturated rings. The van der Waals surface area contributed by atoms with Crippen molar-refractivity contribution in [1.82, 2.24) is 9.55 Å². The van der Waals surface area contributed by atoms with Gasteiger partial charge >= 0.3 is 0 Å². The zero-order valence-electron chi connectivity index (χ0n) is 8.04. The van der Waals surface area contributed by atoms with Gasteiger partial charge in [0.05, 0.1) is 5.69 Å². The van der Waals surface area contributed by atoms with Gasteiger partial charge in [0.2, 0.25) is 5.95 Å². The van der Waals surface area contributed by atoms with E-state index >= 15 is 0 Å². The molecule has 78 valence electrons. The molecular formula is C10H9BrClN3. The Bertz CT molecular complexity index is 490. The molecule has 0 radical (unpaired) electrons. The van der Waals surface area contributed by atoms with Crippen LogP contribution in [0.3, 0.4) is 0 Å². The van der Waals surface area contributed by atoms with E-state index in [1.54, 1.807) is 4.57 Å². The summed E-state index contributed by atoms with van der Waals surface area (Å²) in [6.07, 6.45) is 0. The SMILES string of the molecule is Cn1c(N)nc(Cl)c1-c1ccc(Br)cc1. The molecule has 0 saturated carbocycles. The fourth-order valence-corrected chi connectivity index (χ4v) is 1.99. The molecule has 0 saturated heterocycles. The Morgan fingerprint density at radius 1 is 1.33 bits per heavy atom. The molecule has 0 aliphatic carbocycles. The topological polar surface area (TPSA) is 43.8 Å². The van der Waals surface area contributed by atoms with E-state index in [9.17, 15) is 0 Å². The van der Waals surface area contributed by atoms with Gasteiger partial charge in [-0.3, -0.25) is 0 Å². The molecule has 2 aromatic rings. The molecule has 0 unspecified atom stereocenters. The van der Waals surface area contributed by atoms with Gasteiger partial charge in [-0.05, 0) is 12.1 Å². The Morgan fingerprint density at radius 2 is 1.93 bits per heavy atom. The van der Waals surface area contributed by atoms with Gasteiger partial charge in [-0.1, -0.05) is 39.7 Å². The maximum Gasteiger partial charge on any atom is 0.201 e. The van der Waals surface area contributed by atoms with E-state index in [2.05, 4.69) is 20.9 Å². The summed E-state index contributed by atoms with van der Waals surface area (Å²) in [5, 5.41) is 0.428. The lowest BCUT2D eigenvalue weighted by molar-refractivity contribution is 0.938. The monoisotopic (exact) mass is 285 g/mol. The molecular weight excluding hydrogens is 277 g/mol. The number of aromatic nitrogens is 2. The van der Waals surface area contributed by atoms with E-state index in [1.165, 1.54) is 0 Å². The number of nitrogens with two attached hydrogens (primary N) is 1. The van der Waals surface area contributed by atoms with Crippen molar-refractivity contribution in [2.75, 3.05) is 5.73 Å². The van der Waals surface area contributed by atoms with Crippen LogP contribution in [-0.4, -0.2) is 9.55 Å². The number of halogens is 2. The van der Waals surface area contributed by atoms with Crippen molar-refractivity contribution in [3.63, 3.8) is 0 Å². The third kappa shape index (κ3) is 1.87. The molecule has 2 rings (SSSR count). The second-order valence-electron chi connectivity index (χ2n) is 3.18. The number of anilines is 1. The third-order valence-electron chi connectivity index (χ3n) is 2.20. The highest BCUT2D eigenvalue weighted by atomic mass is 79.9. The van der Waals surface area contributed by atoms with Gasteiger partial charge < -0.3 is 10.3 Å². The molecule has 1 aromatic heterocycles. The first-order valence-electron chi connectivity index (χ1n) is 4.33. The van der Waals surface area contributed by atoms with Gasteiger partial charge in [-0.15, -0.1) is 0 Å². The van der Waals surface area contributed by atoms with E-state index in [4.69, 9.17) is 17.3 Å². The first kappa shape index (κ1) is 10.5.